The summed E-state index contributed by atoms with van der Waals surface area (Å²) in [4.78, 5) is 35.1. The Morgan fingerprint density at radius 1 is 1.26 bits per heavy atom. The smallest absolute Gasteiger partial charge is 0.338 e. The van der Waals surface area contributed by atoms with Crippen molar-refractivity contribution in [3.63, 3.8) is 0 Å². The van der Waals surface area contributed by atoms with Crippen LogP contribution < -0.4 is 0 Å². The fraction of sp³-hybridized carbons (Fsp3) is 0.500. The first-order chi connectivity index (χ1) is 11.0. The number of carbonyl (C=O) groups is 3. The molecule has 0 spiro atoms. The Bertz CT molecular complexity index is 609. The standard InChI is InChI=1S/C18H20O5/c1-11(19)7-8-13-14-9-17(20)22-16(14)10-15(13)23-18(21)12-5-3-2-4-6-12/h2-6,13-16H,7-10H2,1H3/t13-,14-,15-,16+/m1/s1. The second-order valence-corrected chi connectivity index (χ2v) is 6.35. The molecule has 5 heteroatoms. The molecule has 1 aliphatic carbocycles. The molecule has 1 aromatic carbocycles. The molecule has 4 atom stereocenters. The number of rotatable bonds is 5. The van der Waals surface area contributed by atoms with Gasteiger partial charge >= 0.3 is 11.9 Å². The summed E-state index contributed by atoms with van der Waals surface area (Å²) in [6.07, 6.45) is 1.45. The molecule has 0 amide bonds. The third kappa shape index (κ3) is 3.44. The van der Waals surface area contributed by atoms with E-state index in [0.29, 0.717) is 31.2 Å². The molecular formula is C18H20O5. The van der Waals surface area contributed by atoms with Gasteiger partial charge in [0.05, 0.1) is 12.0 Å². The first-order valence-electron chi connectivity index (χ1n) is 7.99. The van der Waals surface area contributed by atoms with Crippen molar-refractivity contribution in [2.45, 2.75) is 44.8 Å². The topological polar surface area (TPSA) is 69.7 Å². The Kier molecular flexibility index (Phi) is 4.46. The van der Waals surface area contributed by atoms with Gasteiger partial charge < -0.3 is 14.3 Å². The van der Waals surface area contributed by atoms with Crippen LogP contribution >= 0.6 is 0 Å². The van der Waals surface area contributed by atoms with Crippen LogP contribution in [0.25, 0.3) is 0 Å². The fourth-order valence-electron chi connectivity index (χ4n) is 3.64. The number of Topliss-reactive ketones (excluding diaryl/α,β-unsaturated/α-hetero) is 1. The molecule has 2 fully saturated rings. The maximum atomic E-state index is 12.3. The van der Waals surface area contributed by atoms with Gasteiger partial charge in [0.1, 0.15) is 18.0 Å². The van der Waals surface area contributed by atoms with Crippen LogP contribution in [0.3, 0.4) is 0 Å². The molecule has 1 saturated heterocycles. The van der Waals surface area contributed by atoms with Gasteiger partial charge in [-0.15, -0.1) is 0 Å². The van der Waals surface area contributed by atoms with Crippen molar-refractivity contribution in [2.24, 2.45) is 11.8 Å². The van der Waals surface area contributed by atoms with E-state index in [9.17, 15) is 14.4 Å². The van der Waals surface area contributed by atoms with E-state index in [4.69, 9.17) is 9.47 Å². The van der Waals surface area contributed by atoms with Gasteiger partial charge in [-0.3, -0.25) is 4.79 Å². The summed E-state index contributed by atoms with van der Waals surface area (Å²) in [6.45, 7) is 1.55. The quantitative estimate of drug-likeness (QED) is 0.781. The summed E-state index contributed by atoms with van der Waals surface area (Å²) in [5.74, 6) is -0.402. The van der Waals surface area contributed by atoms with E-state index in [-0.39, 0.29) is 41.8 Å². The lowest BCUT2D eigenvalue weighted by Crippen LogP contribution is -2.26. The van der Waals surface area contributed by atoms with E-state index in [2.05, 4.69) is 0 Å². The number of ketones is 1. The van der Waals surface area contributed by atoms with Gasteiger partial charge in [-0.25, -0.2) is 4.79 Å². The zero-order valence-electron chi connectivity index (χ0n) is 13.1. The average molecular weight is 316 g/mol. The van der Waals surface area contributed by atoms with E-state index in [1.807, 2.05) is 6.07 Å². The molecule has 0 aromatic heterocycles. The predicted octanol–water partition coefficient (Wildman–Crippen LogP) is 2.53. The van der Waals surface area contributed by atoms with Crippen LogP contribution in [0, 0.1) is 11.8 Å². The van der Waals surface area contributed by atoms with Crippen LogP contribution in [0.5, 0.6) is 0 Å². The molecular weight excluding hydrogens is 296 g/mol. The maximum absolute atomic E-state index is 12.3. The van der Waals surface area contributed by atoms with Gasteiger partial charge in [-0.1, -0.05) is 18.2 Å². The first-order valence-corrected chi connectivity index (χ1v) is 7.99. The van der Waals surface area contributed by atoms with Crippen LogP contribution in [0.15, 0.2) is 30.3 Å². The van der Waals surface area contributed by atoms with Gasteiger partial charge in [0, 0.05) is 24.7 Å². The van der Waals surface area contributed by atoms with Crippen LogP contribution in [0.1, 0.15) is 43.0 Å². The molecule has 1 aromatic rings. The van der Waals surface area contributed by atoms with Crippen LogP contribution in [0.2, 0.25) is 0 Å². The molecule has 1 aliphatic heterocycles. The minimum absolute atomic E-state index is 0.00279. The Morgan fingerprint density at radius 3 is 2.70 bits per heavy atom. The average Bonchev–Trinajstić information content (AvgIpc) is 3.02. The number of hydrogen-bond acceptors (Lipinski definition) is 5. The summed E-state index contributed by atoms with van der Waals surface area (Å²) < 4.78 is 11.0. The highest BCUT2D eigenvalue weighted by Gasteiger charge is 2.51. The summed E-state index contributed by atoms with van der Waals surface area (Å²) in [7, 11) is 0. The third-order valence-corrected chi connectivity index (χ3v) is 4.75. The van der Waals surface area contributed by atoms with E-state index < -0.39 is 0 Å². The second-order valence-electron chi connectivity index (χ2n) is 6.35. The van der Waals surface area contributed by atoms with Crippen molar-refractivity contribution in [1.29, 1.82) is 0 Å². The molecule has 122 valence electrons. The normalized spacial score (nSPS) is 29.0. The van der Waals surface area contributed by atoms with E-state index >= 15 is 0 Å². The van der Waals surface area contributed by atoms with E-state index in [1.165, 1.54) is 0 Å². The summed E-state index contributed by atoms with van der Waals surface area (Å²) in [5, 5.41) is 0. The van der Waals surface area contributed by atoms with Crippen LogP contribution in [0.4, 0.5) is 0 Å². The van der Waals surface area contributed by atoms with Crippen LogP contribution in [-0.2, 0) is 19.1 Å². The molecule has 2 aliphatic rings. The van der Waals surface area contributed by atoms with Gasteiger partial charge in [0.15, 0.2) is 0 Å². The summed E-state index contributed by atoms with van der Waals surface area (Å²) >= 11 is 0. The summed E-state index contributed by atoms with van der Waals surface area (Å²) in [6, 6.07) is 8.83. The van der Waals surface area contributed by atoms with Crippen molar-refractivity contribution in [3.8, 4) is 0 Å². The fourth-order valence-corrected chi connectivity index (χ4v) is 3.64. The van der Waals surface area contributed by atoms with Crippen molar-refractivity contribution in [2.75, 3.05) is 0 Å². The second kappa shape index (κ2) is 6.52. The Balaban J connectivity index is 1.70. The number of benzene rings is 1. The van der Waals surface area contributed by atoms with E-state index in [0.717, 1.165) is 0 Å². The van der Waals surface area contributed by atoms with Gasteiger partial charge in [0.25, 0.3) is 0 Å². The van der Waals surface area contributed by atoms with Crippen molar-refractivity contribution < 1.29 is 23.9 Å². The Morgan fingerprint density at radius 2 is 2.00 bits per heavy atom. The first kappa shape index (κ1) is 15.7. The minimum atomic E-state index is -0.366. The lowest BCUT2D eigenvalue weighted by Gasteiger charge is -2.22. The minimum Gasteiger partial charge on any atom is -0.462 e. The van der Waals surface area contributed by atoms with Gasteiger partial charge in [0.2, 0.25) is 0 Å². The number of carbonyl (C=O) groups excluding carboxylic acids is 3. The highest BCUT2D eigenvalue weighted by atomic mass is 16.6. The third-order valence-electron chi connectivity index (χ3n) is 4.75. The molecule has 0 N–H and O–H groups in total. The predicted molar refractivity (Wildman–Crippen MR) is 81.7 cm³/mol. The lowest BCUT2D eigenvalue weighted by molar-refractivity contribution is -0.141. The molecule has 0 radical (unpaired) electrons. The Labute approximate surface area is 135 Å². The number of esters is 2. The van der Waals surface area contributed by atoms with Crippen molar-refractivity contribution in [1.82, 2.24) is 0 Å². The Hall–Kier alpha value is -2.17. The molecule has 5 nitrogen and oxygen atoms in total. The van der Waals surface area contributed by atoms with Gasteiger partial charge in [-0.05, 0) is 25.5 Å². The molecule has 23 heavy (non-hydrogen) atoms. The molecule has 1 heterocycles. The van der Waals surface area contributed by atoms with Crippen LogP contribution in [-0.4, -0.2) is 29.9 Å². The molecule has 1 saturated carbocycles. The summed E-state index contributed by atoms with van der Waals surface area (Å²) in [5.41, 5.74) is 0.506. The zero-order chi connectivity index (χ0) is 16.4. The molecule has 3 rings (SSSR count). The number of fused-ring (bicyclic) bond motifs is 1. The highest BCUT2D eigenvalue weighted by molar-refractivity contribution is 5.89. The highest BCUT2D eigenvalue weighted by Crippen LogP contribution is 2.45. The largest absolute Gasteiger partial charge is 0.462 e. The zero-order valence-corrected chi connectivity index (χ0v) is 13.1. The van der Waals surface area contributed by atoms with Gasteiger partial charge in [-0.2, -0.15) is 0 Å². The number of hydrogen-bond donors (Lipinski definition) is 0. The SMILES string of the molecule is CC(=O)CC[C@@H]1[C@H]2CC(=O)O[C@H]2C[C@H]1OC(=O)c1ccccc1. The lowest BCUT2D eigenvalue weighted by atomic mass is 9.87. The number of ether oxygens (including phenoxy) is 2. The molecule has 0 bridgehead atoms. The molecule has 0 unspecified atom stereocenters. The maximum Gasteiger partial charge on any atom is 0.338 e. The monoisotopic (exact) mass is 316 g/mol. The van der Waals surface area contributed by atoms with Crippen molar-refractivity contribution in [3.05, 3.63) is 35.9 Å². The van der Waals surface area contributed by atoms with E-state index in [1.54, 1.807) is 31.2 Å². The van der Waals surface area contributed by atoms with Crippen molar-refractivity contribution >= 4 is 17.7 Å².